The average Bonchev–Trinajstić information content (AvgIpc) is 2.93. The Morgan fingerprint density at radius 3 is 2.39 bits per heavy atom. The van der Waals surface area contributed by atoms with Crippen LogP contribution in [0.3, 0.4) is 0 Å². The number of fused-ring (bicyclic) bond motifs is 1. The molecule has 2 heteroatoms. The quantitative estimate of drug-likeness (QED) is 0.843. The predicted molar refractivity (Wildman–Crippen MR) is 92.6 cm³/mol. The summed E-state index contributed by atoms with van der Waals surface area (Å²) in [5.74, 6) is 0.728. The van der Waals surface area contributed by atoms with E-state index in [0.717, 1.165) is 30.6 Å². The number of nitrogens with zero attached hydrogens (tertiary/aromatic N) is 1. The molecular formula is C21H21NO. The van der Waals surface area contributed by atoms with Gasteiger partial charge in [0.1, 0.15) is 0 Å². The highest BCUT2D eigenvalue weighted by Crippen LogP contribution is 2.42. The Morgan fingerprint density at radius 1 is 0.957 bits per heavy atom. The van der Waals surface area contributed by atoms with E-state index in [1.807, 2.05) is 18.2 Å². The predicted octanol–water partition coefficient (Wildman–Crippen LogP) is 4.28. The second-order valence-corrected chi connectivity index (χ2v) is 6.50. The largest absolute Gasteiger partial charge is 0.370 e. The maximum absolute atomic E-state index is 12.7. The summed E-state index contributed by atoms with van der Waals surface area (Å²) in [4.78, 5) is 15.1. The molecule has 0 radical (unpaired) electrons. The first-order valence-electron chi connectivity index (χ1n) is 8.44. The van der Waals surface area contributed by atoms with Crippen LogP contribution >= 0.6 is 0 Å². The zero-order valence-electron chi connectivity index (χ0n) is 13.2. The van der Waals surface area contributed by atoms with E-state index in [1.165, 1.54) is 17.7 Å². The third-order valence-electron chi connectivity index (χ3n) is 4.95. The second kappa shape index (κ2) is 6.04. The van der Waals surface area contributed by atoms with Crippen molar-refractivity contribution in [2.24, 2.45) is 5.92 Å². The van der Waals surface area contributed by atoms with Gasteiger partial charge in [0.15, 0.2) is 5.78 Å². The van der Waals surface area contributed by atoms with E-state index in [2.05, 4.69) is 47.4 Å². The van der Waals surface area contributed by atoms with Crippen LogP contribution in [-0.4, -0.2) is 17.2 Å². The smallest absolute Gasteiger partial charge is 0.165 e. The Labute approximate surface area is 137 Å². The highest BCUT2D eigenvalue weighted by molar-refractivity contribution is 6.24. The van der Waals surface area contributed by atoms with Gasteiger partial charge >= 0.3 is 0 Å². The minimum Gasteiger partial charge on any atom is -0.370 e. The highest BCUT2D eigenvalue weighted by atomic mass is 16.1. The summed E-state index contributed by atoms with van der Waals surface area (Å²) in [6.45, 7) is 1.95. The fraction of sp³-hybridized carbons (Fsp3) is 0.286. The zero-order chi connectivity index (χ0) is 15.6. The molecule has 0 saturated carbocycles. The topological polar surface area (TPSA) is 20.3 Å². The summed E-state index contributed by atoms with van der Waals surface area (Å²) in [7, 11) is 0. The van der Waals surface area contributed by atoms with E-state index in [1.54, 1.807) is 0 Å². The number of Topliss-reactive ketones (excluding diaryl/α,β-unsaturated/α-hetero) is 1. The summed E-state index contributed by atoms with van der Waals surface area (Å²) < 4.78 is 0. The van der Waals surface area contributed by atoms with Crippen molar-refractivity contribution in [1.82, 2.24) is 4.90 Å². The lowest BCUT2D eigenvalue weighted by atomic mass is 9.93. The molecule has 0 bridgehead atoms. The molecule has 1 unspecified atom stereocenters. The molecule has 1 aliphatic carbocycles. The summed E-state index contributed by atoms with van der Waals surface area (Å²) in [6, 6.07) is 20.8. The molecule has 1 atom stereocenters. The van der Waals surface area contributed by atoms with Crippen LogP contribution in [0, 0.1) is 5.92 Å². The zero-order valence-corrected chi connectivity index (χ0v) is 13.2. The van der Waals surface area contributed by atoms with Crippen LogP contribution in [0.15, 0.2) is 66.4 Å². The molecule has 0 aromatic heterocycles. The van der Waals surface area contributed by atoms with Crippen LogP contribution < -0.4 is 0 Å². The van der Waals surface area contributed by atoms with Gasteiger partial charge in [0.05, 0.1) is 0 Å². The van der Waals surface area contributed by atoms with E-state index < -0.39 is 0 Å². The van der Waals surface area contributed by atoms with Crippen molar-refractivity contribution in [3.8, 4) is 0 Å². The molecule has 2 aromatic rings. The van der Waals surface area contributed by atoms with Crippen LogP contribution in [0.1, 0.15) is 30.4 Å². The lowest BCUT2D eigenvalue weighted by molar-refractivity contribution is -0.113. The lowest BCUT2D eigenvalue weighted by Crippen LogP contribution is -2.31. The molecule has 2 aliphatic rings. The molecule has 1 aliphatic heterocycles. The van der Waals surface area contributed by atoms with E-state index >= 15 is 0 Å². The van der Waals surface area contributed by atoms with Crippen LogP contribution in [0.4, 0.5) is 0 Å². The third-order valence-corrected chi connectivity index (χ3v) is 4.95. The molecular weight excluding hydrogens is 282 g/mol. The molecule has 0 spiro atoms. The fourth-order valence-electron chi connectivity index (χ4n) is 3.96. The SMILES string of the molecule is O=C1CC2CCCN(Cc3ccccc3)C2=C1c1ccccc1. The molecule has 4 rings (SSSR count). The molecule has 1 heterocycles. The number of benzene rings is 2. The molecule has 0 N–H and O–H groups in total. The summed E-state index contributed by atoms with van der Waals surface area (Å²) >= 11 is 0. The van der Waals surface area contributed by atoms with Crippen LogP contribution in [-0.2, 0) is 11.3 Å². The first-order chi connectivity index (χ1) is 11.3. The summed E-state index contributed by atoms with van der Waals surface area (Å²) in [5, 5.41) is 0. The van der Waals surface area contributed by atoms with Gasteiger partial charge in [-0.3, -0.25) is 4.79 Å². The Balaban J connectivity index is 1.74. The van der Waals surface area contributed by atoms with E-state index in [4.69, 9.17) is 0 Å². The average molecular weight is 303 g/mol. The first-order valence-corrected chi connectivity index (χ1v) is 8.44. The normalized spacial score (nSPS) is 20.8. The maximum atomic E-state index is 12.7. The van der Waals surface area contributed by atoms with Gasteiger partial charge in [-0.1, -0.05) is 60.7 Å². The number of hydrogen-bond acceptors (Lipinski definition) is 2. The molecule has 116 valence electrons. The minimum absolute atomic E-state index is 0.316. The van der Waals surface area contributed by atoms with Crippen LogP contribution in [0.2, 0.25) is 0 Å². The monoisotopic (exact) mass is 303 g/mol. The van der Waals surface area contributed by atoms with Crippen molar-refractivity contribution in [2.45, 2.75) is 25.8 Å². The van der Waals surface area contributed by atoms with Crippen molar-refractivity contribution in [1.29, 1.82) is 0 Å². The molecule has 1 saturated heterocycles. The van der Waals surface area contributed by atoms with Gasteiger partial charge in [-0.2, -0.15) is 0 Å². The Morgan fingerprint density at radius 2 is 1.65 bits per heavy atom. The van der Waals surface area contributed by atoms with Gasteiger partial charge in [0.2, 0.25) is 0 Å². The number of ketones is 1. The van der Waals surface area contributed by atoms with Crippen molar-refractivity contribution < 1.29 is 4.79 Å². The number of carbonyl (C=O) groups excluding carboxylic acids is 1. The molecule has 0 amide bonds. The van der Waals surface area contributed by atoms with Gasteiger partial charge in [-0.05, 0) is 24.0 Å². The Bertz CT molecular complexity index is 733. The summed E-state index contributed by atoms with van der Waals surface area (Å²) in [6.07, 6.45) is 3.00. The molecule has 23 heavy (non-hydrogen) atoms. The van der Waals surface area contributed by atoms with Gasteiger partial charge in [-0.15, -0.1) is 0 Å². The van der Waals surface area contributed by atoms with E-state index in [9.17, 15) is 4.79 Å². The van der Waals surface area contributed by atoms with Crippen LogP contribution in [0.5, 0.6) is 0 Å². The minimum atomic E-state index is 0.316. The standard InChI is InChI=1S/C21H21NO/c23-19-14-18-12-7-13-22(15-16-8-3-1-4-9-16)21(18)20(19)17-10-5-2-6-11-17/h1-6,8-11,18H,7,12-15H2. The van der Waals surface area contributed by atoms with Gasteiger partial charge in [0, 0.05) is 36.7 Å². The van der Waals surface area contributed by atoms with Gasteiger partial charge < -0.3 is 4.90 Å². The summed E-state index contributed by atoms with van der Waals surface area (Å²) in [5.41, 5.74) is 4.64. The fourth-order valence-corrected chi connectivity index (χ4v) is 3.96. The van der Waals surface area contributed by atoms with Crippen LogP contribution in [0.25, 0.3) is 5.57 Å². The Kier molecular flexibility index (Phi) is 3.74. The number of rotatable bonds is 3. The second-order valence-electron chi connectivity index (χ2n) is 6.50. The van der Waals surface area contributed by atoms with Crippen molar-refractivity contribution in [3.05, 3.63) is 77.5 Å². The van der Waals surface area contributed by atoms with Gasteiger partial charge in [-0.25, -0.2) is 0 Å². The molecule has 2 nitrogen and oxygen atoms in total. The molecule has 2 aromatic carbocycles. The Hall–Kier alpha value is -2.35. The van der Waals surface area contributed by atoms with E-state index in [-0.39, 0.29) is 0 Å². The van der Waals surface area contributed by atoms with Gasteiger partial charge in [0.25, 0.3) is 0 Å². The van der Waals surface area contributed by atoms with Crippen molar-refractivity contribution >= 4 is 11.4 Å². The number of piperidine rings is 1. The number of allylic oxidation sites excluding steroid dienone is 2. The third kappa shape index (κ3) is 2.70. The maximum Gasteiger partial charge on any atom is 0.165 e. The van der Waals surface area contributed by atoms with Crippen molar-refractivity contribution in [2.75, 3.05) is 6.54 Å². The highest BCUT2D eigenvalue weighted by Gasteiger charge is 2.37. The molecule has 1 fully saturated rings. The van der Waals surface area contributed by atoms with E-state index in [0.29, 0.717) is 18.1 Å². The number of carbonyl (C=O) groups is 1. The lowest BCUT2D eigenvalue weighted by Gasteiger charge is -2.35. The van der Waals surface area contributed by atoms with Crippen molar-refractivity contribution in [3.63, 3.8) is 0 Å². The first kappa shape index (κ1) is 14.3. The number of hydrogen-bond donors (Lipinski definition) is 0. The number of likely N-dealkylation sites (tertiary alicyclic amines) is 1.